The molecule has 0 heterocycles. The van der Waals surface area contributed by atoms with Crippen LogP contribution in [0, 0.1) is 6.92 Å². The Morgan fingerprint density at radius 1 is 1.44 bits per heavy atom. The Balaban J connectivity index is 2.03. The molecule has 0 aromatic heterocycles. The maximum Gasteiger partial charge on any atom is 0.128 e. The molecule has 4 heteroatoms. The van der Waals surface area contributed by atoms with E-state index in [0.29, 0.717) is 17.7 Å². The van der Waals surface area contributed by atoms with E-state index in [-0.39, 0.29) is 12.2 Å². The van der Waals surface area contributed by atoms with Crippen molar-refractivity contribution in [3.63, 3.8) is 0 Å². The van der Waals surface area contributed by atoms with E-state index in [2.05, 4.69) is 5.32 Å². The van der Waals surface area contributed by atoms with Crippen molar-refractivity contribution in [3.05, 3.63) is 28.8 Å². The number of aryl methyl sites for hydroxylation is 1. The summed E-state index contributed by atoms with van der Waals surface area (Å²) in [6.45, 7) is 4.74. The zero-order valence-corrected chi connectivity index (χ0v) is 11.8. The summed E-state index contributed by atoms with van der Waals surface area (Å²) in [4.78, 5) is 0. The molecule has 0 radical (unpaired) electrons. The standard InChI is InChI=1S/C14H20ClNO2/c1-4-17-14-11(16-3)8-13(14)18-12-7-10(15)6-5-9(12)2/h5-7,11,13-14,16H,4,8H2,1-3H3. The molecule has 3 unspecified atom stereocenters. The highest BCUT2D eigenvalue weighted by atomic mass is 35.5. The number of hydrogen-bond donors (Lipinski definition) is 1. The molecule has 1 fully saturated rings. The van der Waals surface area contributed by atoms with Crippen LogP contribution in [-0.2, 0) is 4.74 Å². The number of benzene rings is 1. The summed E-state index contributed by atoms with van der Waals surface area (Å²) >= 11 is 5.99. The van der Waals surface area contributed by atoms with E-state index in [1.165, 1.54) is 0 Å². The Kier molecular flexibility index (Phi) is 4.49. The Morgan fingerprint density at radius 3 is 2.89 bits per heavy atom. The number of likely N-dealkylation sites (N-methyl/N-ethyl adjacent to an activating group) is 1. The summed E-state index contributed by atoms with van der Waals surface area (Å²) < 4.78 is 11.7. The second-order valence-electron chi connectivity index (χ2n) is 4.62. The van der Waals surface area contributed by atoms with Crippen LogP contribution in [0.15, 0.2) is 18.2 Å². The molecule has 2 rings (SSSR count). The number of ether oxygens (including phenoxy) is 2. The average molecular weight is 270 g/mol. The van der Waals surface area contributed by atoms with Crippen molar-refractivity contribution in [3.8, 4) is 5.75 Å². The van der Waals surface area contributed by atoms with Crippen LogP contribution in [0.4, 0.5) is 0 Å². The second-order valence-corrected chi connectivity index (χ2v) is 5.05. The molecule has 18 heavy (non-hydrogen) atoms. The van der Waals surface area contributed by atoms with Crippen LogP contribution >= 0.6 is 11.6 Å². The molecule has 0 saturated heterocycles. The fraction of sp³-hybridized carbons (Fsp3) is 0.571. The molecule has 1 N–H and O–H groups in total. The highest BCUT2D eigenvalue weighted by Crippen LogP contribution is 2.31. The summed E-state index contributed by atoms with van der Waals surface area (Å²) in [6.07, 6.45) is 1.20. The Hall–Kier alpha value is -0.770. The first-order valence-corrected chi connectivity index (χ1v) is 6.75. The maximum absolute atomic E-state index is 6.01. The summed E-state index contributed by atoms with van der Waals surface area (Å²) in [5, 5.41) is 3.95. The average Bonchev–Trinajstić information content (AvgIpc) is 2.35. The second kappa shape index (κ2) is 5.91. The van der Waals surface area contributed by atoms with Crippen LogP contribution in [0.2, 0.25) is 5.02 Å². The molecule has 100 valence electrons. The number of hydrogen-bond acceptors (Lipinski definition) is 3. The largest absolute Gasteiger partial charge is 0.487 e. The fourth-order valence-corrected chi connectivity index (χ4v) is 2.42. The van der Waals surface area contributed by atoms with E-state index in [9.17, 15) is 0 Å². The maximum atomic E-state index is 6.01. The number of nitrogens with one attached hydrogen (secondary N) is 1. The van der Waals surface area contributed by atoms with Gasteiger partial charge in [-0.2, -0.15) is 0 Å². The van der Waals surface area contributed by atoms with E-state index in [0.717, 1.165) is 17.7 Å². The zero-order chi connectivity index (χ0) is 13.1. The van der Waals surface area contributed by atoms with Gasteiger partial charge in [0, 0.05) is 24.1 Å². The van der Waals surface area contributed by atoms with Gasteiger partial charge < -0.3 is 14.8 Å². The predicted octanol–water partition coefficient (Wildman–Crippen LogP) is 2.79. The lowest BCUT2D eigenvalue weighted by Crippen LogP contribution is -2.60. The molecule has 0 bridgehead atoms. The van der Waals surface area contributed by atoms with Crippen LogP contribution in [-0.4, -0.2) is 31.9 Å². The first-order chi connectivity index (χ1) is 8.65. The number of halogens is 1. The van der Waals surface area contributed by atoms with Crippen molar-refractivity contribution in [2.75, 3.05) is 13.7 Å². The van der Waals surface area contributed by atoms with Gasteiger partial charge in [-0.25, -0.2) is 0 Å². The van der Waals surface area contributed by atoms with Crippen molar-refractivity contribution in [2.24, 2.45) is 0 Å². The molecule has 1 saturated carbocycles. The minimum absolute atomic E-state index is 0.111. The van der Waals surface area contributed by atoms with Crippen molar-refractivity contribution in [2.45, 2.75) is 38.5 Å². The lowest BCUT2D eigenvalue weighted by molar-refractivity contribution is -0.103. The van der Waals surface area contributed by atoms with Crippen LogP contribution < -0.4 is 10.1 Å². The monoisotopic (exact) mass is 269 g/mol. The van der Waals surface area contributed by atoms with E-state index in [1.807, 2.05) is 39.1 Å². The summed E-state index contributed by atoms with van der Waals surface area (Å²) in [7, 11) is 1.96. The van der Waals surface area contributed by atoms with Gasteiger partial charge >= 0.3 is 0 Å². The third-order valence-electron chi connectivity index (χ3n) is 3.41. The first kappa shape index (κ1) is 13.7. The van der Waals surface area contributed by atoms with Crippen molar-refractivity contribution < 1.29 is 9.47 Å². The van der Waals surface area contributed by atoms with Gasteiger partial charge in [-0.05, 0) is 38.6 Å². The minimum Gasteiger partial charge on any atom is -0.487 e. The molecule has 1 aromatic carbocycles. The van der Waals surface area contributed by atoms with Crippen molar-refractivity contribution >= 4 is 11.6 Å². The van der Waals surface area contributed by atoms with Crippen LogP contribution in [0.1, 0.15) is 18.9 Å². The first-order valence-electron chi connectivity index (χ1n) is 6.37. The van der Waals surface area contributed by atoms with E-state index < -0.39 is 0 Å². The molecular weight excluding hydrogens is 250 g/mol. The number of rotatable bonds is 5. The highest BCUT2D eigenvalue weighted by molar-refractivity contribution is 6.30. The third kappa shape index (κ3) is 2.79. The van der Waals surface area contributed by atoms with Gasteiger partial charge in [-0.3, -0.25) is 0 Å². The molecule has 0 aliphatic heterocycles. The lowest BCUT2D eigenvalue weighted by atomic mass is 9.85. The van der Waals surface area contributed by atoms with Gasteiger partial charge in [0.05, 0.1) is 0 Å². The lowest BCUT2D eigenvalue weighted by Gasteiger charge is -2.43. The minimum atomic E-state index is 0.111. The normalized spacial score (nSPS) is 26.8. The smallest absolute Gasteiger partial charge is 0.128 e. The molecule has 1 aliphatic rings. The Labute approximate surface area is 113 Å². The van der Waals surface area contributed by atoms with Crippen LogP contribution in [0.5, 0.6) is 5.75 Å². The van der Waals surface area contributed by atoms with E-state index >= 15 is 0 Å². The topological polar surface area (TPSA) is 30.5 Å². The molecule has 0 amide bonds. The molecule has 1 aliphatic carbocycles. The van der Waals surface area contributed by atoms with Crippen molar-refractivity contribution in [1.29, 1.82) is 0 Å². The molecule has 3 nitrogen and oxygen atoms in total. The van der Waals surface area contributed by atoms with Gasteiger partial charge in [0.15, 0.2) is 0 Å². The predicted molar refractivity (Wildman–Crippen MR) is 73.5 cm³/mol. The zero-order valence-electron chi connectivity index (χ0n) is 11.1. The van der Waals surface area contributed by atoms with Gasteiger partial charge in [0.2, 0.25) is 0 Å². The van der Waals surface area contributed by atoms with Gasteiger partial charge in [0.25, 0.3) is 0 Å². The summed E-state index contributed by atoms with van der Waals surface area (Å²) in [5.41, 5.74) is 1.10. The quantitative estimate of drug-likeness (QED) is 0.892. The molecule has 1 aromatic rings. The van der Waals surface area contributed by atoms with Crippen molar-refractivity contribution in [1.82, 2.24) is 5.32 Å². The molecular formula is C14H20ClNO2. The van der Waals surface area contributed by atoms with Crippen LogP contribution in [0.3, 0.4) is 0 Å². The third-order valence-corrected chi connectivity index (χ3v) is 3.64. The Morgan fingerprint density at radius 2 is 2.22 bits per heavy atom. The summed E-state index contributed by atoms with van der Waals surface area (Å²) in [5.74, 6) is 0.853. The van der Waals surface area contributed by atoms with Gasteiger partial charge in [0.1, 0.15) is 18.0 Å². The van der Waals surface area contributed by atoms with E-state index in [4.69, 9.17) is 21.1 Å². The highest BCUT2D eigenvalue weighted by Gasteiger charge is 2.42. The molecule has 3 atom stereocenters. The fourth-order valence-electron chi connectivity index (χ4n) is 2.26. The van der Waals surface area contributed by atoms with Gasteiger partial charge in [-0.1, -0.05) is 17.7 Å². The van der Waals surface area contributed by atoms with Gasteiger partial charge in [-0.15, -0.1) is 0 Å². The summed E-state index contributed by atoms with van der Waals surface area (Å²) in [6, 6.07) is 6.10. The SMILES string of the molecule is CCOC1C(NC)CC1Oc1cc(Cl)ccc1C. The molecule has 0 spiro atoms. The van der Waals surface area contributed by atoms with E-state index in [1.54, 1.807) is 0 Å². The van der Waals surface area contributed by atoms with Crippen LogP contribution in [0.25, 0.3) is 0 Å². The Bertz CT molecular complexity index is 411.